The van der Waals surface area contributed by atoms with Gasteiger partial charge >= 0.3 is 0 Å². The Morgan fingerprint density at radius 1 is 0.947 bits per heavy atom. The van der Waals surface area contributed by atoms with Crippen molar-refractivity contribution >= 4 is 17.8 Å². The monoisotopic (exact) mass is 774 g/mol. The number of carbonyl (C=O) groups is 2. The number of Topliss-reactive ketones (excluding diaryl/α,β-unsaturated/α-hetero) is 2. The minimum absolute atomic E-state index is 0.0247. The van der Waals surface area contributed by atoms with E-state index in [0.717, 1.165) is 75.6 Å². The Kier molecular flexibility index (Phi) is 8.15. The quantitative estimate of drug-likeness (QED) is 0.291. The summed E-state index contributed by atoms with van der Waals surface area (Å²) in [6.45, 7) is 21.3. The van der Waals surface area contributed by atoms with Crippen LogP contribution in [-0.2, 0) is 20.7 Å². The van der Waals surface area contributed by atoms with Crippen LogP contribution in [0.3, 0.4) is 0 Å². The fourth-order valence-corrected chi connectivity index (χ4v) is 16.1. The molecule has 7 nitrogen and oxygen atoms in total. The van der Waals surface area contributed by atoms with E-state index in [2.05, 4.69) is 77.8 Å². The highest BCUT2D eigenvalue weighted by atomic mass is 16.6. The number of hydrogen-bond donors (Lipinski definition) is 2. The summed E-state index contributed by atoms with van der Waals surface area (Å²) in [5.74, 6) is 0.417. The van der Waals surface area contributed by atoms with E-state index in [1.807, 2.05) is 13.8 Å². The van der Waals surface area contributed by atoms with Crippen LogP contribution in [0.15, 0.2) is 56.9 Å². The molecule has 9 aliphatic rings. The van der Waals surface area contributed by atoms with Crippen molar-refractivity contribution in [3.05, 3.63) is 68.6 Å². The van der Waals surface area contributed by atoms with Crippen LogP contribution in [-0.4, -0.2) is 69.9 Å². The molecule has 0 bridgehead atoms. The zero-order valence-corrected chi connectivity index (χ0v) is 36.1. The number of carbonyl (C=O) groups excluding carboxylic acids is 2. The number of hydrogen-bond acceptors (Lipinski definition) is 7. The summed E-state index contributed by atoms with van der Waals surface area (Å²) >= 11 is 0. The zero-order chi connectivity index (χ0) is 40.4. The molecular weight excluding hydrogens is 709 g/mol. The van der Waals surface area contributed by atoms with Gasteiger partial charge in [0.05, 0.1) is 29.2 Å². The number of nitrogens with zero attached hydrogens (tertiary/aromatic N) is 2. The fraction of sp³-hybridized carbons (Fsp3) is 0.700. The smallest absolute Gasteiger partial charge is 0.163 e. The Morgan fingerprint density at radius 2 is 1.67 bits per heavy atom. The topological polar surface area (TPSA) is 103 Å². The third-order valence-corrected chi connectivity index (χ3v) is 18.5. The second kappa shape index (κ2) is 12.1. The van der Waals surface area contributed by atoms with Gasteiger partial charge in [0, 0.05) is 54.0 Å². The standard InChI is InChI=1S/C50H66N2O5/c1-27-19-28(2)21-29(20-27)22-31-25-52-26-32-37-38(47(7,23-34(53)44-46(5,6)57-44)16-12-30-24-51-39(31)40(30)52)42(56)33-11-10-15-50(49(33,37)9)18-13-35-45(3,4)36(54)14-17-48(35,8)43(50)41(32)55/h19-21,24,32-35,41,43-44,53,55H,10-18,22-23,25-26H2,1-9H3/t32-,33-,34-,35+,41-,43+,44+,47+,48+,49+,50-/m1/s1. The van der Waals surface area contributed by atoms with Gasteiger partial charge in [-0.15, -0.1) is 0 Å². The fourth-order valence-electron chi connectivity index (χ4n) is 16.1. The summed E-state index contributed by atoms with van der Waals surface area (Å²) < 4.78 is 6.05. The first-order chi connectivity index (χ1) is 26.8. The van der Waals surface area contributed by atoms with E-state index in [1.165, 1.54) is 39.1 Å². The number of aryl methyl sites for hydroxylation is 2. The average Bonchev–Trinajstić information content (AvgIpc) is 3.36. The molecule has 2 N–H and O–H groups in total. The molecule has 4 saturated carbocycles. The molecule has 1 aromatic rings. The summed E-state index contributed by atoms with van der Waals surface area (Å²) in [4.78, 5) is 37.1. The molecule has 0 unspecified atom stereocenters. The van der Waals surface area contributed by atoms with Gasteiger partial charge in [0.25, 0.3) is 0 Å². The first kappa shape index (κ1) is 38.3. The van der Waals surface area contributed by atoms with Crippen LogP contribution in [0.5, 0.6) is 0 Å². The van der Waals surface area contributed by atoms with Crippen molar-refractivity contribution in [2.24, 2.45) is 55.7 Å². The molecule has 7 heteroatoms. The van der Waals surface area contributed by atoms with E-state index in [4.69, 9.17) is 9.73 Å². The van der Waals surface area contributed by atoms with E-state index < -0.39 is 28.5 Å². The van der Waals surface area contributed by atoms with Crippen molar-refractivity contribution in [3.63, 3.8) is 0 Å². The maximum Gasteiger partial charge on any atom is 0.163 e. The highest BCUT2D eigenvalue weighted by molar-refractivity contribution is 6.04. The normalized spacial score (nSPS) is 42.9. The average molecular weight is 775 g/mol. The van der Waals surface area contributed by atoms with Gasteiger partial charge in [-0.1, -0.05) is 70.4 Å². The van der Waals surface area contributed by atoms with E-state index in [9.17, 15) is 15.0 Å². The first-order valence-electron chi connectivity index (χ1n) is 22.5. The molecule has 1 spiro atoms. The van der Waals surface area contributed by atoms with Gasteiger partial charge in [-0.05, 0) is 136 Å². The van der Waals surface area contributed by atoms with Gasteiger partial charge in [-0.3, -0.25) is 14.6 Å². The molecule has 5 aliphatic carbocycles. The zero-order valence-electron chi connectivity index (χ0n) is 36.1. The first-order valence-corrected chi connectivity index (χ1v) is 22.5. The summed E-state index contributed by atoms with van der Waals surface area (Å²) in [5, 5.41) is 25.6. The predicted molar refractivity (Wildman–Crippen MR) is 222 cm³/mol. The minimum atomic E-state index is -0.702. The SMILES string of the molecule is Cc1cc(C)cc(CC2=C3N=CC4=C3N(C2)C[C@@H]2C3=C(C(=O)[C@H]5CCC[C@]6(CC[C@H]7C(C)(C)C(=O)CC[C@]7(C)[C@@H]6[C@@H]2O)[C@]35C)[C@](C)(C[C@@H](O)[C@@H]2OC2(C)C)CC4)c1. The lowest BCUT2D eigenvalue weighted by Crippen LogP contribution is -2.70. The van der Waals surface area contributed by atoms with Crippen molar-refractivity contribution in [2.75, 3.05) is 13.1 Å². The minimum Gasteiger partial charge on any atom is -0.392 e. The molecule has 5 fully saturated rings. The Hall–Kier alpha value is -2.87. The largest absolute Gasteiger partial charge is 0.392 e. The number of ether oxygens (including phenoxy) is 1. The number of aliphatic hydroxyl groups is 2. The van der Waals surface area contributed by atoms with Gasteiger partial charge in [-0.25, -0.2) is 0 Å². The van der Waals surface area contributed by atoms with Gasteiger partial charge in [-0.2, -0.15) is 0 Å². The third-order valence-electron chi connectivity index (χ3n) is 18.5. The number of aliphatic imine (C=N–C) groups is 1. The lowest BCUT2D eigenvalue weighted by Gasteiger charge is -2.73. The molecule has 1 saturated heterocycles. The maximum absolute atomic E-state index is 15.7. The summed E-state index contributed by atoms with van der Waals surface area (Å²) in [7, 11) is 0. The lowest BCUT2D eigenvalue weighted by atomic mass is 9.31. The highest BCUT2D eigenvalue weighted by Gasteiger charge is 2.77. The van der Waals surface area contributed by atoms with E-state index >= 15 is 4.79 Å². The van der Waals surface area contributed by atoms with Gasteiger partial charge in [0.1, 0.15) is 11.9 Å². The molecule has 57 heavy (non-hydrogen) atoms. The highest BCUT2D eigenvalue weighted by Crippen LogP contribution is 2.79. The van der Waals surface area contributed by atoms with Crippen molar-refractivity contribution in [1.29, 1.82) is 0 Å². The number of benzene rings is 1. The van der Waals surface area contributed by atoms with Crippen molar-refractivity contribution < 1.29 is 24.5 Å². The second-order valence-electron chi connectivity index (χ2n) is 22.4. The Morgan fingerprint density at radius 3 is 2.37 bits per heavy atom. The number of fused-ring (bicyclic) bond motifs is 2. The molecule has 1 aromatic carbocycles. The van der Waals surface area contributed by atoms with E-state index in [-0.39, 0.29) is 52.0 Å². The Labute approximate surface area is 340 Å². The molecule has 11 atom stereocenters. The number of rotatable bonds is 5. The number of epoxide rings is 1. The number of allylic oxidation sites excluding steroid dienone is 2. The molecule has 10 rings (SSSR count). The molecule has 4 aliphatic heterocycles. The Balaban J connectivity index is 1.16. The van der Waals surface area contributed by atoms with Gasteiger partial charge in [0.2, 0.25) is 0 Å². The van der Waals surface area contributed by atoms with Crippen LogP contribution in [0.2, 0.25) is 0 Å². The number of aliphatic hydroxyl groups excluding tert-OH is 2. The van der Waals surface area contributed by atoms with E-state index in [0.29, 0.717) is 25.2 Å². The van der Waals surface area contributed by atoms with Gasteiger partial charge < -0.3 is 19.8 Å². The molecular formula is C50H66N2O5. The van der Waals surface area contributed by atoms with Crippen molar-refractivity contribution in [1.82, 2.24) is 4.90 Å². The van der Waals surface area contributed by atoms with Crippen molar-refractivity contribution in [3.8, 4) is 0 Å². The molecule has 0 aromatic heterocycles. The van der Waals surface area contributed by atoms with Crippen molar-refractivity contribution in [2.45, 2.75) is 157 Å². The second-order valence-corrected chi connectivity index (χ2v) is 22.4. The Bertz CT molecular complexity index is 2100. The molecule has 0 amide bonds. The summed E-state index contributed by atoms with van der Waals surface area (Å²) in [6.07, 6.45) is 9.35. The van der Waals surface area contributed by atoms with Crippen LogP contribution < -0.4 is 0 Å². The summed E-state index contributed by atoms with van der Waals surface area (Å²) in [6, 6.07) is 6.83. The third kappa shape index (κ3) is 5.03. The maximum atomic E-state index is 15.7. The van der Waals surface area contributed by atoms with Crippen LogP contribution in [0.1, 0.15) is 129 Å². The molecule has 306 valence electrons. The predicted octanol–water partition coefficient (Wildman–Crippen LogP) is 8.57. The molecule has 4 heterocycles. The van der Waals surface area contributed by atoms with Crippen LogP contribution in [0.25, 0.3) is 0 Å². The van der Waals surface area contributed by atoms with Gasteiger partial charge in [0.15, 0.2) is 5.78 Å². The number of ketones is 2. The lowest BCUT2D eigenvalue weighted by molar-refractivity contribution is -0.243. The summed E-state index contributed by atoms with van der Waals surface area (Å²) in [5.41, 5.74) is 8.51. The molecule has 0 radical (unpaired) electrons. The van der Waals surface area contributed by atoms with Crippen LogP contribution in [0.4, 0.5) is 0 Å². The van der Waals surface area contributed by atoms with E-state index in [1.54, 1.807) is 0 Å². The van der Waals surface area contributed by atoms with Crippen LogP contribution >= 0.6 is 0 Å². The van der Waals surface area contributed by atoms with Crippen LogP contribution in [0, 0.1) is 64.6 Å².